The molecule has 1 aliphatic rings. The summed E-state index contributed by atoms with van der Waals surface area (Å²) in [5, 5.41) is 3.05. The first-order valence-electron chi connectivity index (χ1n) is 6.33. The van der Waals surface area contributed by atoms with Gasteiger partial charge >= 0.3 is 0 Å². The quantitative estimate of drug-likeness (QED) is 0.866. The minimum Gasteiger partial charge on any atom is -0.339 e. The summed E-state index contributed by atoms with van der Waals surface area (Å²) in [6, 6.07) is 8.27. The van der Waals surface area contributed by atoms with Crippen LogP contribution in [-0.4, -0.2) is 27.2 Å². The van der Waals surface area contributed by atoms with Gasteiger partial charge in [-0.25, -0.2) is 4.39 Å². The van der Waals surface area contributed by atoms with Crippen LogP contribution in [0.1, 0.15) is 11.3 Å². The summed E-state index contributed by atoms with van der Waals surface area (Å²) in [5.41, 5.74) is 2.35. The van der Waals surface area contributed by atoms with Crippen molar-refractivity contribution in [2.75, 3.05) is 11.6 Å². The van der Waals surface area contributed by atoms with Crippen LogP contribution >= 0.6 is 0 Å². The van der Waals surface area contributed by atoms with Crippen LogP contribution in [0.2, 0.25) is 0 Å². The molecule has 1 aliphatic heterocycles. The molecule has 1 atom stereocenters. The lowest BCUT2D eigenvalue weighted by Crippen LogP contribution is -2.13. The van der Waals surface area contributed by atoms with Crippen molar-refractivity contribution in [3.05, 3.63) is 53.6 Å². The van der Waals surface area contributed by atoms with Crippen LogP contribution in [-0.2, 0) is 16.1 Å². The standard InChI is InChI=1S/C15H14FN3OS/c1-21(2,20)13-6-5-11(8-12(13)16)19-15-14-10(9-18-15)4-3-7-17-14/h3-8H,1,9H2,2H3,(H,18,19). The normalized spacial score (nSPS) is 16.0. The largest absolute Gasteiger partial charge is 0.339 e. The van der Waals surface area contributed by atoms with Gasteiger partial charge in [-0.05, 0) is 39.7 Å². The Morgan fingerprint density at radius 1 is 1.38 bits per heavy atom. The van der Waals surface area contributed by atoms with Gasteiger partial charge in [0, 0.05) is 23.7 Å². The van der Waals surface area contributed by atoms with Crippen molar-refractivity contribution in [1.29, 1.82) is 0 Å². The zero-order valence-electron chi connectivity index (χ0n) is 11.5. The Hall–Kier alpha value is -2.21. The Balaban J connectivity index is 1.89. The van der Waals surface area contributed by atoms with E-state index in [1.54, 1.807) is 12.3 Å². The van der Waals surface area contributed by atoms with Gasteiger partial charge in [-0.15, -0.1) is 0 Å². The maximum Gasteiger partial charge on any atom is 0.152 e. The molecule has 4 nitrogen and oxygen atoms in total. The summed E-state index contributed by atoms with van der Waals surface area (Å²) >= 11 is 0. The van der Waals surface area contributed by atoms with Crippen molar-refractivity contribution in [3.63, 3.8) is 0 Å². The first-order chi connectivity index (χ1) is 9.95. The molecule has 0 amide bonds. The predicted molar refractivity (Wildman–Crippen MR) is 84.0 cm³/mol. The van der Waals surface area contributed by atoms with E-state index in [9.17, 15) is 8.60 Å². The van der Waals surface area contributed by atoms with Gasteiger partial charge < -0.3 is 5.32 Å². The van der Waals surface area contributed by atoms with Crippen molar-refractivity contribution >= 4 is 26.9 Å². The molecule has 1 unspecified atom stereocenters. The highest BCUT2D eigenvalue weighted by molar-refractivity contribution is 7.99. The van der Waals surface area contributed by atoms with E-state index in [2.05, 4.69) is 21.2 Å². The summed E-state index contributed by atoms with van der Waals surface area (Å²) in [6.07, 6.45) is 3.11. The molecular weight excluding hydrogens is 289 g/mol. The molecule has 1 aromatic heterocycles. The molecule has 0 saturated heterocycles. The molecule has 2 heterocycles. The molecule has 0 aliphatic carbocycles. The molecule has 21 heavy (non-hydrogen) atoms. The second kappa shape index (κ2) is 4.96. The summed E-state index contributed by atoms with van der Waals surface area (Å²) in [4.78, 5) is 8.75. The van der Waals surface area contributed by atoms with Gasteiger partial charge in [-0.2, -0.15) is 0 Å². The van der Waals surface area contributed by atoms with Gasteiger partial charge in [0.05, 0.1) is 11.4 Å². The van der Waals surface area contributed by atoms with E-state index >= 15 is 0 Å². The molecule has 6 heteroatoms. The number of anilines is 1. The maximum absolute atomic E-state index is 14.0. The summed E-state index contributed by atoms with van der Waals surface area (Å²) in [7, 11) is -2.57. The monoisotopic (exact) mass is 303 g/mol. The summed E-state index contributed by atoms with van der Waals surface area (Å²) in [5.74, 6) is 3.57. The number of benzene rings is 1. The zero-order chi connectivity index (χ0) is 15.0. The number of fused-ring (bicyclic) bond motifs is 1. The third-order valence-electron chi connectivity index (χ3n) is 3.18. The number of nitrogens with one attached hydrogen (secondary N) is 1. The van der Waals surface area contributed by atoms with E-state index in [1.807, 2.05) is 12.1 Å². The van der Waals surface area contributed by atoms with Crippen LogP contribution in [0.15, 0.2) is 46.4 Å². The molecule has 2 aromatic rings. The van der Waals surface area contributed by atoms with Crippen LogP contribution < -0.4 is 5.32 Å². The highest BCUT2D eigenvalue weighted by Crippen LogP contribution is 2.22. The van der Waals surface area contributed by atoms with E-state index in [-0.39, 0.29) is 4.90 Å². The molecule has 1 aromatic carbocycles. The molecule has 1 N–H and O–H groups in total. The average Bonchev–Trinajstić information content (AvgIpc) is 2.81. The van der Waals surface area contributed by atoms with Gasteiger partial charge in [0.1, 0.15) is 11.5 Å². The molecule has 3 rings (SSSR count). The molecule has 108 valence electrons. The number of aromatic nitrogens is 1. The lowest BCUT2D eigenvalue weighted by molar-refractivity contribution is 0.596. The van der Waals surface area contributed by atoms with Crippen LogP contribution in [0, 0.1) is 5.82 Å². The molecule has 0 saturated carbocycles. The van der Waals surface area contributed by atoms with Crippen LogP contribution in [0.25, 0.3) is 0 Å². The lowest BCUT2D eigenvalue weighted by Gasteiger charge is -2.10. The van der Waals surface area contributed by atoms with E-state index in [0.717, 1.165) is 11.3 Å². The van der Waals surface area contributed by atoms with Crippen LogP contribution in [0.5, 0.6) is 0 Å². The third-order valence-corrected chi connectivity index (χ3v) is 4.44. The van der Waals surface area contributed by atoms with E-state index in [1.165, 1.54) is 18.4 Å². The van der Waals surface area contributed by atoms with Gasteiger partial charge in [0.15, 0.2) is 5.84 Å². The van der Waals surface area contributed by atoms with Crippen molar-refractivity contribution in [2.45, 2.75) is 11.4 Å². The Morgan fingerprint density at radius 2 is 2.19 bits per heavy atom. The number of amidine groups is 1. The van der Waals surface area contributed by atoms with Crippen molar-refractivity contribution < 1.29 is 8.60 Å². The number of rotatable bonds is 2. The minimum absolute atomic E-state index is 0.125. The fraction of sp³-hybridized carbons (Fsp3) is 0.133. The smallest absolute Gasteiger partial charge is 0.152 e. The van der Waals surface area contributed by atoms with Crippen molar-refractivity contribution in [1.82, 2.24) is 4.98 Å². The number of nitrogens with zero attached hydrogens (tertiary/aromatic N) is 2. The second-order valence-corrected chi connectivity index (χ2v) is 7.40. The Bertz CT molecular complexity index is 844. The fourth-order valence-corrected chi connectivity index (χ4v) is 3.01. The Kier molecular flexibility index (Phi) is 3.25. The average molecular weight is 303 g/mol. The van der Waals surface area contributed by atoms with E-state index in [4.69, 9.17) is 0 Å². The molecule has 0 fully saturated rings. The van der Waals surface area contributed by atoms with Crippen molar-refractivity contribution in [2.24, 2.45) is 4.99 Å². The number of halogens is 1. The first kappa shape index (κ1) is 13.8. The van der Waals surface area contributed by atoms with E-state index < -0.39 is 15.3 Å². The number of pyridine rings is 1. The van der Waals surface area contributed by atoms with Crippen molar-refractivity contribution in [3.8, 4) is 0 Å². The SMILES string of the molecule is C=S(C)(=O)c1ccc(NC2=NCc3cccnc32)cc1F. The van der Waals surface area contributed by atoms with Gasteiger partial charge in [0.25, 0.3) is 0 Å². The zero-order valence-corrected chi connectivity index (χ0v) is 12.3. The predicted octanol–water partition coefficient (Wildman–Crippen LogP) is 2.30. The second-order valence-electron chi connectivity index (χ2n) is 4.95. The summed E-state index contributed by atoms with van der Waals surface area (Å²) < 4.78 is 25.8. The molecule has 0 spiro atoms. The van der Waals surface area contributed by atoms with Crippen LogP contribution in [0.4, 0.5) is 10.1 Å². The minimum atomic E-state index is -2.57. The van der Waals surface area contributed by atoms with Gasteiger partial charge in [-0.1, -0.05) is 6.07 Å². The van der Waals surface area contributed by atoms with Gasteiger partial charge in [0.2, 0.25) is 0 Å². The van der Waals surface area contributed by atoms with Gasteiger partial charge in [-0.3, -0.25) is 14.2 Å². The Morgan fingerprint density at radius 3 is 2.90 bits per heavy atom. The number of hydrogen-bond donors (Lipinski definition) is 1. The van der Waals surface area contributed by atoms with Crippen LogP contribution in [0.3, 0.4) is 0 Å². The maximum atomic E-state index is 14.0. The molecular formula is C15H14FN3OS. The summed E-state index contributed by atoms with van der Waals surface area (Å²) in [6.45, 7) is 0.563. The van der Waals surface area contributed by atoms with E-state index in [0.29, 0.717) is 18.1 Å². The number of hydrogen-bond acceptors (Lipinski definition) is 4. The fourth-order valence-electron chi connectivity index (χ4n) is 2.18. The topological polar surface area (TPSA) is 54.4 Å². The first-order valence-corrected chi connectivity index (χ1v) is 8.46. The highest BCUT2D eigenvalue weighted by atomic mass is 32.2. The lowest BCUT2D eigenvalue weighted by atomic mass is 10.2. The number of aliphatic imine (C=N–C) groups is 1. The highest BCUT2D eigenvalue weighted by Gasteiger charge is 2.17. The Labute approximate surface area is 122 Å². The third kappa shape index (κ3) is 2.67. The molecule has 0 bridgehead atoms. The molecule has 0 radical (unpaired) electrons.